The molecule has 0 aromatic carbocycles. The molecule has 0 saturated heterocycles. The van der Waals surface area contributed by atoms with Crippen LogP contribution < -0.4 is 0 Å². The molecule has 1 aromatic rings. The number of hydrogen-bond acceptors (Lipinski definition) is 2. The molecular weight excluding hydrogens is 150 g/mol. The maximum atomic E-state index is 11.0. The summed E-state index contributed by atoms with van der Waals surface area (Å²) in [6, 6.07) is 5.86. The van der Waals surface area contributed by atoms with E-state index in [0.29, 0.717) is 18.1 Å². The molecule has 2 rings (SSSR count). The highest BCUT2D eigenvalue weighted by Crippen LogP contribution is 2.37. The molecule has 0 amide bonds. The van der Waals surface area contributed by atoms with E-state index in [2.05, 4.69) is 4.98 Å². The summed E-state index contributed by atoms with van der Waals surface area (Å²) in [7, 11) is 0. The predicted octanol–water partition coefficient (Wildman–Crippen LogP) is 1.77. The van der Waals surface area contributed by atoms with Crippen LogP contribution in [-0.2, 0) is 4.79 Å². The zero-order valence-electron chi connectivity index (χ0n) is 7.03. The summed E-state index contributed by atoms with van der Waals surface area (Å²) in [6.45, 7) is 1.98. The second-order valence-electron chi connectivity index (χ2n) is 3.32. The van der Waals surface area contributed by atoms with Crippen LogP contribution in [0.3, 0.4) is 0 Å². The van der Waals surface area contributed by atoms with E-state index < -0.39 is 0 Å². The van der Waals surface area contributed by atoms with Crippen molar-refractivity contribution >= 4 is 5.78 Å². The minimum Gasteiger partial charge on any atom is -0.299 e. The molecule has 2 atom stereocenters. The molecule has 0 bridgehead atoms. The van der Waals surface area contributed by atoms with Gasteiger partial charge in [0.25, 0.3) is 0 Å². The molecular formula is C10H11NO. The van der Waals surface area contributed by atoms with E-state index in [9.17, 15) is 4.79 Å². The van der Waals surface area contributed by atoms with Crippen molar-refractivity contribution in [2.24, 2.45) is 5.92 Å². The SMILES string of the molecule is CC1C(=O)CC1c1ccccn1. The quantitative estimate of drug-likeness (QED) is 0.628. The number of nitrogens with zero attached hydrogens (tertiary/aromatic N) is 1. The molecule has 1 aliphatic carbocycles. The number of hydrogen-bond donors (Lipinski definition) is 0. The zero-order chi connectivity index (χ0) is 8.55. The highest BCUT2D eigenvalue weighted by Gasteiger charge is 2.37. The maximum absolute atomic E-state index is 11.0. The number of Topliss-reactive ketones (excluding diaryl/α,β-unsaturated/α-hetero) is 1. The molecule has 2 unspecified atom stereocenters. The number of aromatic nitrogens is 1. The summed E-state index contributed by atoms with van der Waals surface area (Å²) in [4.78, 5) is 15.2. The average Bonchev–Trinajstić information content (AvgIpc) is 2.15. The second kappa shape index (κ2) is 2.70. The lowest BCUT2D eigenvalue weighted by molar-refractivity contribution is -0.130. The van der Waals surface area contributed by atoms with Gasteiger partial charge in [-0.25, -0.2) is 0 Å². The first kappa shape index (κ1) is 7.47. The third-order valence-electron chi connectivity index (χ3n) is 2.60. The molecule has 0 N–H and O–H groups in total. The molecule has 12 heavy (non-hydrogen) atoms. The molecule has 2 nitrogen and oxygen atoms in total. The monoisotopic (exact) mass is 161 g/mol. The molecule has 0 spiro atoms. The topological polar surface area (TPSA) is 30.0 Å². The Kier molecular flexibility index (Phi) is 1.68. The van der Waals surface area contributed by atoms with Gasteiger partial charge in [-0.2, -0.15) is 0 Å². The predicted molar refractivity (Wildman–Crippen MR) is 45.8 cm³/mol. The maximum Gasteiger partial charge on any atom is 0.137 e. The lowest BCUT2D eigenvalue weighted by Crippen LogP contribution is -2.33. The third-order valence-corrected chi connectivity index (χ3v) is 2.60. The fourth-order valence-corrected chi connectivity index (χ4v) is 1.60. The van der Waals surface area contributed by atoms with Gasteiger partial charge in [-0.15, -0.1) is 0 Å². The molecule has 62 valence electrons. The number of carbonyl (C=O) groups is 1. The van der Waals surface area contributed by atoms with Crippen molar-refractivity contribution in [3.8, 4) is 0 Å². The van der Waals surface area contributed by atoms with Crippen molar-refractivity contribution in [1.82, 2.24) is 4.98 Å². The Balaban J connectivity index is 2.18. The van der Waals surface area contributed by atoms with Gasteiger partial charge in [0.2, 0.25) is 0 Å². The van der Waals surface area contributed by atoms with Gasteiger partial charge in [0.1, 0.15) is 5.78 Å². The number of pyridine rings is 1. The van der Waals surface area contributed by atoms with Crippen molar-refractivity contribution in [3.63, 3.8) is 0 Å². The van der Waals surface area contributed by atoms with Crippen LogP contribution in [0.4, 0.5) is 0 Å². The van der Waals surface area contributed by atoms with Crippen LogP contribution in [0.1, 0.15) is 25.0 Å². The van der Waals surface area contributed by atoms with E-state index in [-0.39, 0.29) is 5.92 Å². The summed E-state index contributed by atoms with van der Waals surface area (Å²) >= 11 is 0. The van der Waals surface area contributed by atoms with Gasteiger partial charge in [0.15, 0.2) is 0 Å². The van der Waals surface area contributed by atoms with E-state index in [4.69, 9.17) is 0 Å². The van der Waals surface area contributed by atoms with Crippen LogP contribution in [0.25, 0.3) is 0 Å². The summed E-state index contributed by atoms with van der Waals surface area (Å²) in [5.74, 6) is 0.921. The highest BCUT2D eigenvalue weighted by molar-refractivity contribution is 5.88. The Morgan fingerprint density at radius 2 is 2.33 bits per heavy atom. The van der Waals surface area contributed by atoms with Gasteiger partial charge < -0.3 is 0 Å². The minimum absolute atomic E-state index is 0.180. The van der Waals surface area contributed by atoms with Crippen molar-refractivity contribution < 1.29 is 4.79 Å². The van der Waals surface area contributed by atoms with E-state index in [0.717, 1.165) is 5.69 Å². The fraction of sp³-hybridized carbons (Fsp3) is 0.400. The third kappa shape index (κ3) is 1.04. The Labute approximate surface area is 71.6 Å². The molecule has 1 heterocycles. The molecule has 2 heteroatoms. The zero-order valence-corrected chi connectivity index (χ0v) is 7.03. The van der Waals surface area contributed by atoms with Crippen LogP contribution >= 0.6 is 0 Å². The smallest absolute Gasteiger partial charge is 0.137 e. The van der Waals surface area contributed by atoms with Gasteiger partial charge in [-0.1, -0.05) is 13.0 Å². The summed E-state index contributed by atoms with van der Waals surface area (Å²) in [5, 5.41) is 0. The Morgan fingerprint density at radius 1 is 1.50 bits per heavy atom. The number of rotatable bonds is 1. The van der Waals surface area contributed by atoms with Crippen LogP contribution in [-0.4, -0.2) is 10.8 Å². The van der Waals surface area contributed by atoms with E-state index in [1.165, 1.54) is 0 Å². The molecule has 1 aromatic heterocycles. The molecule has 1 saturated carbocycles. The fourth-order valence-electron chi connectivity index (χ4n) is 1.60. The summed E-state index contributed by atoms with van der Waals surface area (Å²) < 4.78 is 0. The first-order valence-corrected chi connectivity index (χ1v) is 4.22. The van der Waals surface area contributed by atoms with Gasteiger partial charge >= 0.3 is 0 Å². The molecule has 0 radical (unpaired) electrons. The lowest BCUT2D eigenvalue weighted by atomic mass is 9.72. The van der Waals surface area contributed by atoms with Crippen LogP contribution in [0.15, 0.2) is 24.4 Å². The van der Waals surface area contributed by atoms with Gasteiger partial charge in [0, 0.05) is 30.1 Å². The second-order valence-corrected chi connectivity index (χ2v) is 3.32. The first-order valence-electron chi connectivity index (χ1n) is 4.22. The standard InChI is InChI=1S/C10H11NO/c1-7-8(6-10(7)12)9-4-2-3-5-11-9/h2-5,7-8H,6H2,1H3. The molecule has 1 fully saturated rings. The average molecular weight is 161 g/mol. The van der Waals surface area contributed by atoms with Crippen molar-refractivity contribution in [1.29, 1.82) is 0 Å². The Hall–Kier alpha value is -1.18. The van der Waals surface area contributed by atoms with Crippen molar-refractivity contribution in [3.05, 3.63) is 30.1 Å². The largest absolute Gasteiger partial charge is 0.299 e. The van der Waals surface area contributed by atoms with Gasteiger partial charge in [-0.3, -0.25) is 9.78 Å². The van der Waals surface area contributed by atoms with Gasteiger partial charge in [-0.05, 0) is 12.1 Å². The van der Waals surface area contributed by atoms with Crippen molar-refractivity contribution in [2.45, 2.75) is 19.3 Å². The molecule has 1 aliphatic rings. The van der Waals surface area contributed by atoms with Crippen LogP contribution in [0.5, 0.6) is 0 Å². The lowest BCUT2D eigenvalue weighted by Gasteiger charge is -2.31. The van der Waals surface area contributed by atoms with E-state index in [1.54, 1.807) is 6.20 Å². The normalized spacial score (nSPS) is 28.2. The van der Waals surface area contributed by atoms with E-state index in [1.807, 2.05) is 25.1 Å². The number of carbonyl (C=O) groups excluding carboxylic acids is 1. The highest BCUT2D eigenvalue weighted by atomic mass is 16.1. The van der Waals surface area contributed by atoms with Gasteiger partial charge in [0.05, 0.1) is 0 Å². The van der Waals surface area contributed by atoms with E-state index >= 15 is 0 Å². The Morgan fingerprint density at radius 3 is 2.83 bits per heavy atom. The minimum atomic E-state index is 0.180. The Bertz CT molecular complexity index is 294. The van der Waals surface area contributed by atoms with Crippen LogP contribution in [0, 0.1) is 5.92 Å². The molecule has 0 aliphatic heterocycles. The summed E-state index contributed by atoms with van der Waals surface area (Å²) in [6.07, 6.45) is 2.46. The van der Waals surface area contributed by atoms with Crippen LogP contribution in [0.2, 0.25) is 0 Å². The number of ketones is 1. The van der Waals surface area contributed by atoms with Crippen molar-refractivity contribution in [2.75, 3.05) is 0 Å². The summed E-state index contributed by atoms with van der Waals surface area (Å²) in [5.41, 5.74) is 1.06. The first-order chi connectivity index (χ1) is 5.79.